The fraction of sp³-hybridized carbons (Fsp3) is 0.600. The van der Waals surface area contributed by atoms with E-state index in [4.69, 9.17) is 4.74 Å². The minimum absolute atomic E-state index is 0.153. The average Bonchev–Trinajstić information content (AvgIpc) is 2.60. The van der Waals surface area contributed by atoms with E-state index in [9.17, 15) is 4.79 Å². The van der Waals surface area contributed by atoms with Gasteiger partial charge in [0.05, 0.1) is 23.7 Å². The van der Waals surface area contributed by atoms with Crippen LogP contribution in [0.25, 0.3) is 0 Å². The van der Waals surface area contributed by atoms with Gasteiger partial charge in [0, 0.05) is 18.5 Å². The number of thiazole rings is 1. The van der Waals surface area contributed by atoms with Crippen LogP contribution >= 0.6 is 11.3 Å². The molecule has 5 heteroatoms. The zero-order chi connectivity index (χ0) is 11.1. The molecular weight excluding hydrogens is 212 g/mol. The average molecular weight is 228 g/mol. The highest BCUT2D eigenvalue weighted by Crippen LogP contribution is 2.06. The van der Waals surface area contributed by atoms with Crippen LogP contribution in [0.4, 0.5) is 0 Å². The van der Waals surface area contributed by atoms with Crippen molar-refractivity contribution in [1.82, 2.24) is 10.3 Å². The molecule has 0 aromatic carbocycles. The zero-order valence-corrected chi connectivity index (χ0v) is 9.89. The summed E-state index contributed by atoms with van der Waals surface area (Å²) in [6.45, 7) is 5.58. The van der Waals surface area contributed by atoms with Gasteiger partial charge in [-0.05, 0) is 13.8 Å². The molecule has 1 N–H and O–H groups in total. The Morgan fingerprint density at radius 1 is 1.67 bits per heavy atom. The molecule has 0 amide bonds. The van der Waals surface area contributed by atoms with Crippen molar-refractivity contribution in [3.05, 3.63) is 16.1 Å². The Hall–Kier alpha value is -0.940. The van der Waals surface area contributed by atoms with Crippen molar-refractivity contribution in [2.24, 2.45) is 0 Å². The number of ether oxygens (including phenoxy) is 1. The van der Waals surface area contributed by atoms with Gasteiger partial charge in [0.25, 0.3) is 0 Å². The minimum atomic E-state index is -0.153. The van der Waals surface area contributed by atoms with Crippen molar-refractivity contribution >= 4 is 17.3 Å². The highest BCUT2D eigenvalue weighted by molar-refractivity contribution is 7.09. The number of esters is 1. The predicted molar refractivity (Wildman–Crippen MR) is 59.8 cm³/mol. The maximum absolute atomic E-state index is 11.0. The summed E-state index contributed by atoms with van der Waals surface area (Å²) in [5, 5.41) is 6.24. The van der Waals surface area contributed by atoms with Gasteiger partial charge < -0.3 is 10.1 Å². The van der Waals surface area contributed by atoms with Crippen LogP contribution in [0.2, 0.25) is 0 Å². The fourth-order valence-electron chi connectivity index (χ4n) is 1.13. The van der Waals surface area contributed by atoms with Crippen LogP contribution in [0, 0.1) is 6.92 Å². The topological polar surface area (TPSA) is 51.2 Å². The summed E-state index contributed by atoms with van der Waals surface area (Å²) in [7, 11) is 0. The summed E-state index contributed by atoms with van der Waals surface area (Å²) in [6.07, 6.45) is 0.414. The van der Waals surface area contributed by atoms with Gasteiger partial charge in [-0.1, -0.05) is 0 Å². The quantitative estimate of drug-likeness (QED) is 0.592. The van der Waals surface area contributed by atoms with Crippen molar-refractivity contribution in [1.29, 1.82) is 0 Å². The molecule has 4 nitrogen and oxygen atoms in total. The van der Waals surface area contributed by atoms with Crippen LogP contribution < -0.4 is 5.32 Å². The summed E-state index contributed by atoms with van der Waals surface area (Å²) in [5.74, 6) is -0.153. The second-order valence-electron chi connectivity index (χ2n) is 3.09. The molecule has 1 aromatic rings. The Kier molecular flexibility index (Phi) is 5.28. The smallest absolute Gasteiger partial charge is 0.307 e. The van der Waals surface area contributed by atoms with Gasteiger partial charge in [0.1, 0.15) is 0 Å². The lowest BCUT2D eigenvalue weighted by Crippen LogP contribution is -2.19. The molecule has 0 atom stereocenters. The molecule has 0 fully saturated rings. The van der Waals surface area contributed by atoms with Gasteiger partial charge >= 0.3 is 5.97 Å². The number of carbonyl (C=O) groups excluding carboxylic acids is 1. The number of hydrogen-bond donors (Lipinski definition) is 1. The van der Waals surface area contributed by atoms with E-state index in [1.165, 1.54) is 0 Å². The first-order valence-electron chi connectivity index (χ1n) is 4.99. The number of rotatable bonds is 6. The van der Waals surface area contributed by atoms with E-state index >= 15 is 0 Å². The van der Waals surface area contributed by atoms with E-state index in [0.29, 0.717) is 26.1 Å². The standard InChI is InChI=1S/C10H16N2O2S/c1-3-14-10(13)4-5-11-6-9-7-15-8(2)12-9/h7,11H,3-6H2,1-2H3. The SMILES string of the molecule is CCOC(=O)CCNCc1csc(C)n1. The molecule has 84 valence electrons. The summed E-state index contributed by atoms with van der Waals surface area (Å²) < 4.78 is 4.81. The Morgan fingerprint density at radius 3 is 3.07 bits per heavy atom. The second kappa shape index (κ2) is 6.53. The van der Waals surface area contributed by atoms with Crippen LogP contribution in [0.5, 0.6) is 0 Å². The van der Waals surface area contributed by atoms with E-state index in [1.807, 2.05) is 19.2 Å². The third-order valence-electron chi connectivity index (χ3n) is 1.78. The largest absolute Gasteiger partial charge is 0.466 e. The normalized spacial score (nSPS) is 10.3. The van der Waals surface area contributed by atoms with Crippen LogP contribution in [0.15, 0.2) is 5.38 Å². The van der Waals surface area contributed by atoms with E-state index in [1.54, 1.807) is 11.3 Å². The number of nitrogens with zero attached hydrogens (tertiary/aromatic N) is 1. The van der Waals surface area contributed by atoms with Gasteiger partial charge in [0.2, 0.25) is 0 Å². The van der Waals surface area contributed by atoms with Crippen molar-refractivity contribution in [3.8, 4) is 0 Å². The lowest BCUT2D eigenvalue weighted by molar-refractivity contribution is -0.142. The van der Waals surface area contributed by atoms with E-state index in [2.05, 4.69) is 10.3 Å². The maximum Gasteiger partial charge on any atom is 0.307 e. The molecule has 0 aliphatic rings. The van der Waals surface area contributed by atoms with Gasteiger partial charge in [-0.25, -0.2) is 4.98 Å². The molecule has 1 aromatic heterocycles. The van der Waals surface area contributed by atoms with Gasteiger partial charge in [0.15, 0.2) is 0 Å². The van der Waals surface area contributed by atoms with Gasteiger partial charge in [-0.2, -0.15) is 0 Å². The molecular formula is C10H16N2O2S. The molecule has 1 heterocycles. The zero-order valence-electron chi connectivity index (χ0n) is 9.08. The first-order chi connectivity index (χ1) is 7.22. The van der Waals surface area contributed by atoms with Crippen LogP contribution in [-0.4, -0.2) is 24.1 Å². The molecule has 0 saturated carbocycles. The van der Waals surface area contributed by atoms with Crippen molar-refractivity contribution < 1.29 is 9.53 Å². The first-order valence-corrected chi connectivity index (χ1v) is 5.87. The van der Waals surface area contributed by atoms with Crippen LogP contribution in [0.3, 0.4) is 0 Å². The molecule has 0 bridgehead atoms. The van der Waals surface area contributed by atoms with E-state index in [-0.39, 0.29) is 5.97 Å². The van der Waals surface area contributed by atoms with E-state index < -0.39 is 0 Å². The molecule has 0 spiro atoms. The molecule has 0 aliphatic heterocycles. The third kappa shape index (κ3) is 4.90. The highest BCUT2D eigenvalue weighted by Gasteiger charge is 2.01. The Balaban J connectivity index is 2.09. The number of aromatic nitrogens is 1. The molecule has 0 unspecified atom stereocenters. The number of carbonyl (C=O) groups is 1. The number of aryl methyl sites for hydroxylation is 1. The van der Waals surface area contributed by atoms with Crippen LogP contribution in [-0.2, 0) is 16.1 Å². The van der Waals surface area contributed by atoms with Crippen LogP contribution in [0.1, 0.15) is 24.0 Å². The summed E-state index contributed by atoms with van der Waals surface area (Å²) >= 11 is 1.63. The maximum atomic E-state index is 11.0. The molecule has 0 aliphatic carbocycles. The Labute approximate surface area is 93.7 Å². The van der Waals surface area contributed by atoms with Gasteiger partial charge in [-0.3, -0.25) is 4.79 Å². The second-order valence-corrected chi connectivity index (χ2v) is 4.15. The highest BCUT2D eigenvalue weighted by atomic mass is 32.1. The fourth-order valence-corrected chi connectivity index (χ4v) is 1.74. The molecule has 0 radical (unpaired) electrons. The van der Waals surface area contributed by atoms with Gasteiger partial charge in [-0.15, -0.1) is 11.3 Å². The Bertz CT molecular complexity index is 312. The summed E-state index contributed by atoms with van der Waals surface area (Å²) in [5.41, 5.74) is 1.03. The number of hydrogen-bond acceptors (Lipinski definition) is 5. The monoisotopic (exact) mass is 228 g/mol. The lowest BCUT2D eigenvalue weighted by atomic mass is 10.4. The third-order valence-corrected chi connectivity index (χ3v) is 2.61. The molecule has 1 rings (SSSR count). The minimum Gasteiger partial charge on any atom is -0.466 e. The van der Waals surface area contributed by atoms with Crippen molar-refractivity contribution in [2.75, 3.05) is 13.2 Å². The summed E-state index contributed by atoms with van der Waals surface area (Å²) in [6, 6.07) is 0. The molecule has 0 saturated heterocycles. The first kappa shape index (κ1) is 12.1. The molecule has 15 heavy (non-hydrogen) atoms. The Morgan fingerprint density at radius 2 is 2.47 bits per heavy atom. The summed E-state index contributed by atoms with van der Waals surface area (Å²) in [4.78, 5) is 15.3. The van der Waals surface area contributed by atoms with Crippen molar-refractivity contribution in [3.63, 3.8) is 0 Å². The van der Waals surface area contributed by atoms with Crippen molar-refractivity contribution in [2.45, 2.75) is 26.8 Å². The van der Waals surface area contributed by atoms with E-state index in [0.717, 1.165) is 10.7 Å². The lowest BCUT2D eigenvalue weighted by Gasteiger charge is -2.02. The number of nitrogens with one attached hydrogen (secondary N) is 1. The predicted octanol–water partition coefficient (Wildman–Crippen LogP) is 1.49.